The number of thiophene rings is 1. The van der Waals surface area contributed by atoms with Gasteiger partial charge in [-0.25, -0.2) is 4.79 Å². The summed E-state index contributed by atoms with van der Waals surface area (Å²) in [4.78, 5) is 22.4. The molecule has 0 aliphatic rings. The first kappa shape index (κ1) is 9.67. The number of carbonyl (C=O) groups excluding carboxylic acids is 2. The number of carbonyl (C=O) groups is 2. The van der Waals surface area contributed by atoms with Crippen LogP contribution in [0.4, 0.5) is 0 Å². The Bertz CT molecular complexity index is 327. The summed E-state index contributed by atoms with van der Waals surface area (Å²) >= 11 is 1.11. The summed E-state index contributed by atoms with van der Waals surface area (Å²) in [5, 5.41) is 0. The molecular formula is C9H8O3S. The van der Waals surface area contributed by atoms with Gasteiger partial charge in [0.05, 0.1) is 4.88 Å². The third kappa shape index (κ3) is 2.52. The lowest BCUT2D eigenvalue weighted by molar-refractivity contribution is 0.0555. The van der Waals surface area contributed by atoms with E-state index in [0.717, 1.165) is 11.3 Å². The molecule has 1 heterocycles. The van der Waals surface area contributed by atoms with Crippen LogP contribution in [0.15, 0.2) is 24.8 Å². The molecule has 4 heteroatoms. The second-order valence-electron chi connectivity index (χ2n) is 2.21. The highest BCUT2D eigenvalue weighted by molar-refractivity contribution is 7.15. The molecule has 68 valence electrons. The van der Waals surface area contributed by atoms with Crippen LogP contribution in [0.5, 0.6) is 0 Å². The number of rotatable bonds is 4. The number of esters is 1. The lowest BCUT2D eigenvalue weighted by Crippen LogP contribution is -2.02. The van der Waals surface area contributed by atoms with Gasteiger partial charge in [0.25, 0.3) is 0 Å². The Morgan fingerprint density at radius 2 is 2.38 bits per heavy atom. The van der Waals surface area contributed by atoms with Crippen molar-refractivity contribution in [2.75, 3.05) is 6.61 Å². The first-order valence-corrected chi connectivity index (χ1v) is 4.42. The third-order valence-electron chi connectivity index (χ3n) is 1.28. The van der Waals surface area contributed by atoms with Crippen molar-refractivity contribution in [1.29, 1.82) is 0 Å². The molecule has 0 unspecified atom stereocenters. The van der Waals surface area contributed by atoms with E-state index in [9.17, 15) is 9.59 Å². The fourth-order valence-electron chi connectivity index (χ4n) is 0.732. The minimum atomic E-state index is -0.419. The van der Waals surface area contributed by atoms with E-state index in [4.69, 9.17) is 4.74 Å². The molecule has 0 radical (unpaired) electrons. The van der Waals surface area contributed by atoms with E-state index in [1.807, 2.05) is 0 Å². The largest absolute Gasteiger partial charge is 0.457 e. The van der Waals surface area contributed by atoms with Crippen LogP contribution in [0.1, 0.15) is 19.3 Å². The standard InChI is InChI=1S/C9H8O3S/c1-2-5-12-9(11)8-4-3-7(6-10)13-8/h2-4,6H,1,5H2. The van der Waals surface area contributed by atoms with Crippen molar-refractivity contribution < 1.29 is 14.3 Å². The highest BCUT2D eigenvalue weighted by atomic mass is 32.1. The van der Waals surface area contributed by atoms with Crippen LogP contribution in [0.25, 0.3) is 0 Å². The fourth-order valence-corrected chi connectivity index (χ4v) is 1.45. The van der Waals surface area contributed by atoms with E-state index in [2.05, 4.69) is 6.58 Å². The maximum absolute atomic E-state index is 11.2. The first-order valence-electron chi connectivity index (χ1n) is 3.61. The Labute approximate surface area is 79.6 Å². The molecule has 0 aromatic carbocycles. The van der Waals surface area contributed by atoms with Gasteiger partial charge >= 0.3 is 5.97 Å². The Hall–Kier alpha value is -1.42. The van der Waals surface area contributed by atoms with E-state index in [1.54, 1.807) is 12.1 Å². The summed E-state index contributed by atoms with van der Waals surface area (Å²) in [6.45, 7) is 3.61. The van der Waals surface area contributed by atoms with Gasteiger partial charge in [-0.2, -0.15) is 0 Å². The van der Waals surface area contributed by atoms with Crippen LogP contribution in [0.2, 0.25) is 0 Å². The van der Waals surface area contributed by atoms with Crippen molar-refractivity contribution in [2.24, 2.45) is 0 Å². The molecule has 3 nitrogen and oxygen atoms in total. The first-order chi connectivity index (χ1) is 6.27. The minimum absolute atomic E-state index is 0.188. The summed E-state index contributed by atoms with van der Waals surface area (Å²) in [7, 11) is 0. The van der Waals surface area contributed by atoms with Crippen LogP contribution >= 0.6 is 11.3 Å². The molecule has 0 bridgehead atoms. The van der Waals surface area contributed by atoms with Gasteiger partial charge < -0.3 is 4.74 Å². The smallest absolute Gasteiger partial charge is 0.348 e. The van der Waals surface area contributed by atoms with Crippen molar-refractivity contribution in [3.8, 4) is 0 Å². The predicted octanol–water partition coefficient (Wildman–Crippen LogP) is 1.90. The summed E-state index contributed by atoms with van der Waals surface area (Å²) in [6.07, 6.45) is 2.20. The summed E-state index contributed by atoms with van der Waals surface area (Å²) in [6, 6.07) is 3.15. The molecule has 0 spiro atoms. The van der Waals surface area contributed by atoms with Gasteiger partial charge in [0.2, 0.25) is 0 Å². The zero-order valence-electron chi connectivity index (χ0n) is 6.86. The van der Waals surface area contributed by atoms with Crippen molar-refractivity contribution >= 4 is 23.6 Å². The van der Waals surface area contributed by atoms with Crippen molar-refractivity contribution in [1.82, 2.24) is 0 Å². The SMILES string of the molecule is C=CCOC(=O)c1ccc(C=O)s1. The second kappa shape index (κ2) is 4.57. The molecule has 0 fully saturated rings. The van der Waals surface area contributed by atoms with Gasteiger partial charge in [0.15, 0.2) is 6.29 Å². The lowest BCUT2D eigenvalue weighted by Gasteiger charge is -1.96. The summed E-state index contributed by atoms with van der Waals surface area (Å²) < 4.78 is 4.77. The number of hydrogen-bond acceptors (Lipinski definition) is 4. The molecule has 0 atom stereocenters. The van der Waals surface area contributed by atoms with Gasteiger partial charge in [0, 0.05) is 0 Å². The lowest BCUT2D eigenvalue weighted by atomic mass is 10.4. The number of ether oxygens (including phenoxy) is 1. The Balaban J connectivity index is 2.65. The average molecular weight is 196 g/mol. The quantitative estimate of drug-likeness (QED) is 0.419. The molecule has 1 aromatic rings. The molecule has 1 aromatic heterocycles. The van der Waals surface area contributed by atoms with E-state index >= 15 is 0 Å². The highest BCUT2D eigenvalue weighted by Crippen LogP contribution is 2.15. The summed E-state index contributed by atoms with van der Waals surface area (Å²) in [5.41, 5.74) is 0. The van der Waals surface area contributed by atoms with Gasteiger partial charge in [-0.3, -0.25) is 4.79 Å². The highest BCUT2D eigenvalue weighted by Gasteiger charge is 2.08. The van der Waals surface area contributed by atoms with E-state index in [-0.39, 0.29) is 6.61 Å². The Kier molecular flexibility index (Phi) is 3.40. The summed E-state index contributed by atoms with van der Waals surface area (Å²) in [5.74, 6) is -0.419. The van der Waals surface area contributed by atoms with Crippen LogP contribution in [0.3, 0.4) is 0 Å². The second-order valence-corrected chi connectivity index (χ2v) is 3.32. The van der Waals surface area contributed by atoms with E-state index in [0.29, 0.717) is 16.0 Å². The number of hydrogen-bond donors (Lipinski definition) is 0. The molecule has 0 aliphatic heterocycles. The van der Waals surface area contributed by atoms with Crippen molar-refractivity contribution in [3.05, 3.63) is 34.5 Å². The van der Waals surface area contributed by atoms with Crippen LogP contribution < -0.4 is 0 Å². The third-order valence-corrected chi connectivity index (χ3v) is 2.27. The fraction of sp³-hybridized carbons (Fsp3) is 0.111. The molecule has 0 amide bonds. The van der Waals surface area contributed by atoms with Crippen LogP contribution in [0, 0.1) is 0 Å². The Morgan fingerprint density at radius 1 is 1.62 bits per heavy atom. The zero-order valence-corrected chi connectivity index (χ0v) is 7.67. The van der Waals surface area contributed by atoms with Crippen LogP contribution in [-0.2, 0) is 4.74 Å². The molecule has 13 heavy (non-hydrogen) atoms. The van der Waals surface area contributed by atoms with Crippen LogP contribution in [-0.4, -0.2) is 18.9 Å². The van der Waals surface area contributed by atoms with Gasteiger partial charge in [-0.05, 0) is 12.1 Å². The normalized spacial score (nSPS) is 9.23. The Morgan fingerprint density at radius 3 is 2.92 bits per heavy atom. The molecule has 0 aliphatic carbocycles. The van der Waals surface area contributed by atoms with Crippen molar-refractivity contribution in [3.63, 3.8) is 0 Å². The number of aldehydes is 1. The van der Waals surface area contributed by atoms with E-state index in [1.165, 1.54) is 6.08 Å². The molecule has 0 saturated heterocycles. The topological polar surface area (TPSA) is 43.4 Å². The molecule has 1 rings (SSSR count). The average Bonchev–Trinajstić information content (AvgIpc) is 2.62. The van der Waals surface area contributed by atoms with Gasteiger partial charge in [-0.1, -0.05) is 12.7 Å². The molecule has 0 saturated carbocycles. The molecular weight excluding hydrogens is 188 g/mol. The van der Waals surface area contributed by atoms with Gasteiger partial charge in [-0.15, -0.1) is 11.3 Å². The maximum Gasteiger partial charge on any atom is 0.348 e. The predicted molar refractivity (Wildman–Crippen MR) is 50.2 cm³/mol. The van der Waals surface area contributed by atoms with E-state index < -0.39 is 5.97 Å². The monoisotopic (exact) mass is 196 g/mol. The molecule has 0 N–H and O–H groups in total. The van der Waals surface area contributed by atoms with Gasteiger partial charge in [0.1, 0.15) is 11.5 Å². The minimum Gasteiger partial charge on any atom is -0.457 e. The zero-order chi connectivity index (χ0) is 9.68. The van der Waals surface area contributed by atoms with Crippen molar-refractivity contribution in [2.45, 2.75) is 0 Å². The maximum atomic E-state index is 11.2.